The minimum atomic E-state index is -4.49. The molecule has 0 saturated carbocycles. The molecule has 1 N–H and O–H groups in total. The van der Waals surface area contributed by atoms with Gasteiger partial charge in [0, 0.05) is 5.69 Å². The van der Waals surface area contributed by atoms with Crippen molar-refractivity contribution in [1.29, 1.82) is 0 Å². The van der Waals surface area contributed by atoms with E-state index in [9.17, 15) is 26.4 Å². The molecule has 0 aliphatic rings. The number of nitrogens with one attached hydrogen (secondary N) is 1. The van der Waals surface area contributed by atoms with E-state index in [-0.39, 0.29) is 16.4 Å². The quantitative estimate of drug-likeness (QED) is 0.822. The highest BCUT2D eigenvalue weighted by atomic mass is 35.5. The van der Waals surface area contributed by atoms with Gasteiger partial charge in [0.2, 0.25) is 15.9 Å². The van der Waals surface area contributed by atoms with Crippen LogP contribution < -0.4 is 9.62 Å². The van der Waals surface area contributed by atoms with Gasteiger partial charge in [0.1, 0.15) is 6.54 Å². The van der Waals surface area contributed by atoms with E-state index in [1.807, 2.05) is 0 Å². The summed E-state index contributed by atoms with van der Waals surface area (Å²) in [6.07, 6.45) is -3.57. The van der Waals surface area contributed by atoms with Crippen molar-refractivity contribution in [1.82, 2.24) is 0 Å². The molecule has 0 saturated heterocycles. The molecule has 0 unspecified atom stereocenters. The monoisotopic (exact) mass is 406 g/mol. The summed E-state index contributed by atoms with van der Waals surface area (Å²) in [6.45, 7) is -0.580. The summed E-state index contributed by atoms with van der Waals surface area (Å²) in [4.78, 5) is 12.2. The van der Waals surface area contributed by atoms with Crippen molar-refractivity contribution < 1.29 is 26.4 Å². The molecule has 2 rings (SSSR count). The van der Waals surface area contributed by atoms with Crippen LogP contribution in [0.1, 0.15) is 5.56 Å². The van der Waals surface area contributed by atoms with Crippen LogP contribution in [0.2, 0.25) is 5.02 Å². The van der Waals surface area contributed by atoms with Crippen molar-refractivity contribution >= 4 is 38.9 Å². The minimum absolute atomic E-state index is 0.107. The second kappa shape index (κ2) is 7.55. The van der Waals surface area contributed by atoms with Crippen molar-refractivity contribution in [2.45, 2.75) is 6.18 Å². The maximum Gasteiger partial charge on any atom is 0.416 e. The molecule has 0 heterocycles. The molecule has 0 fully saturated rings. The first kappa shape index (κ1) is 20.1. The predicted molar refractivity (Wildman–Crippen MR) is 93.7 cm³/mol. The number of hydrogen-bond acceptors (Lipinski definition) is 3. The lowest BCUT2D eigenvalue weighted by molar-refractivity contribution is -0.137. The number of halogens is 4. The zero-order valence-corrected chi connectivity index (χ0v) is 15.0. The van der Waals surface area contributed by atoms with E-state index in [1.54, 1.807) is 12.1 Å². The van der Waals surface area contributed by atoms with Crippen LogP contribution in [0.5, 0.6) is 0 Å². The Bertz CT molecular complexity index is 900. The number of amides is 1. The summed E-state index contributed by atoms with van der Waals surface area (Å²) < 4.78 is 62.4. The summed E-state index contributed by atoms with van der Waals surface area (Å²) in [5, 5.41) is 2.50. The predicted octanol–water partition coefficient (Wildman–Crippen LogP) is 3.76. The Morgan fingerprint density at radius 3 is 2.19 bits per heavy atom. The number of sulfonamides is 1. The third kappa shape index (κ3) is 5.12. The summed E-state index contributed by atoms with van der Waals surface area (Å²) >= 11 is 5.98. The van der Waals surface area contributed by atoms with Gasteiger partial charge >= 0.3 is 6.18 Å². The lowest BCUT2D eigenvalue weighted by Crippen LogP contribution is -2.37. The largest absolute Gasteiger partial charge is 0.416 e. The van der Waals surface area contributed by atoms with Crippen molar-refractivity contribution in [3.63, 3.8) is 0 Å². The van der Waals surface area contributed by atoms with Gasteiger partial charge in [-0.1, -0.05) is 23.7 Å². The molecule has 140 valence electrons. The molecule has 2 aromatic rings. The van der Waals surface area contributed by atoms with Gasteiger partial charge in [-0.05, 0) is 36.4 Å². The Labute approximate surface area is 153 Å². The van der Waals surface area contributed by atoms with Crippen LogP contribution in [0.4, 0.5) is 24.5 Å². The van der Waals surface area contributed by atoms with Gasteiger partial charge in [-0.3, -0.25) is 9.10 Å². The fraction of sp³-hybridized carbons (Fsp3) is 0.188. The highest BCUT2D eigenvalue weighted by Crippen LogP contribution is 2.30. The SMILES string of the molecule is CS(=O)(=O)N(CC(=O)Nc1ccc(C(F)(F)F)cc1)c1ccccc1Cl. The van der Waals surface area contributed by atoms with Crippen LogP contribution in [0.15, 0.2) is 48.5 Å². The highest BCUT2D eigenvalue weighted by Gasteiger charge is 2.30. The number of para-hydroxylation sites is 1. The maximum absolute atomic E-state index is 12.5. The number of nitrogens with zero attached hydrogens (tertiary/aromatic N) is 1. The Morgan fingerprint density at radius 2 is 1.69 bits per heavy atom. The number of hydrogen-bond donors (Lipinski definition) is 1. The van der Waals surface area contributed by atoms with Crippen molar-refractivity contribution in [3.8, 4) is 0 Å². The van der Waals surface area contributed by atoms with Crippen LogP contribution in [0.3, 0.4) is 0 Å². The van der Waals surface area contributed by atoms with Gasteiger partial charge < -0.3 is 5.32 Å². The smallest absolute Gasteiger partial charge is 0.325 e. The van der Waals surface area contributed by atoms with E-state index >= 15 is 0 Å². The molecule has 1 amide bonds. The molecule has 0 aromatic heterocycles. The van der Waals surface area contributed by atoms with Gasteiger partial charge in [-0.25, -0.2) is 8.42 Å². The van der Waals surface area contributed by atoms with E-state index in [1.165, 1.54) is 12.1 Å². The topological polar surface area (TPSA) is 66.5 Å². The van der Waals surface area contributed by atoms with Gasteiger partial charge in [-0.15, -0.1) is 0 Å². The van der Waals surface area contributed by atoms with Crippen molar-refractivity contribution in [2.75, 3.05) is 22.4 Å². The van der Waals surface area contributed by atoms with Crippen LogP contribution in [0.25, 0.3) is 0 Å². The zero-order chi connectivity index (χ0) is 19.5. The average Bonchev–Trinajstić information content (AvgIpc) is 2.52. The van der Waals surface area contributed by atoms with Crippen molar-refractivity contribution in [2.24, 2.45) is 0 Å². The molecule has 2 aromatic carbocycles. The third-order valence-electron chi connectivity index (χ3n) is 3.30. The molecular weight excluding hydrogens is 393 g/mol. The fourth-order valence-electron chi connectivity index (χ4n) is 2.11. The van der Waals surface area contributed by atoms with Gasteiger partial charge in [-0.2, -0.15) is 13.2 Å². The Kier molecular flexibility index (Phi) is 5.82. The molecule has 26 heavy (non-hydrogen) atoms. The molecule has 0 aliphatic heterocycles. The number of anilines is 2. The number of benzene rings is 2. The number of carbonyl (C=O) groups is 1. The molecule has 0 aliphatic carbocycles. The standard InChI is InChI=1S/C16H14ClF3N2O3S/c1-26(24,25)22(14-5-3-2-4-13(14)17)10-15(23)21-12-8-6-11(7-9-12)16(18,19)20/h2-9H,10H2,1H3,(H,21,23). The summed E-state index contributed by atoms with van der Waals surface area (Å²) in [5.41, 5.74) is -0.626. The molecule has 0 radical (unpaired) electrons. The number of rotatable bonds is 5. The summed E-state index contributed by atoms with van der Waals surface area (Å²) in [6, 6.07) is 9.89. The van der Waals surface area contributed by atoms with Gasteiger partial charge in [0.15, 0.2) is 0 Å². The van der Waals surface area contributed by atoms with Crippen LogP contribution in [0, 0.1) is 0 Å². The van der Waals surface area contributed by atoms with E-state index < -0.39 is 34.2 Å². The fourth-order valence-corrected chi connectivity index (χ4v) is 3.26. The van der Waals surface area contributed by atoms with Gasteiger partial charge in [0.05, 0.1) is 22.5 Å². The first-order chi connectivity index (χ1) is 12.0. The summed E-state index contributed by atoms with van der Waals surface area (Å²) in [5.74, 6) is -0.727. The molecule has 0 atom stereocenters. The molecule has 0 spiro atoms. The maximum atomic E-state index is 12.5. The van der Waals surface area contributed by atoms with Gasteiger partial charge in [0.25, 0.3) is 0 Å². The van der Waals surface area contributed by atoms with E-state index in [0.717, 1.165) is 34.8 Å². The molecule has 5 nitrogen and oxygen atoms in total. The summed E-state index contributed by atoms with van der Waals surface area (Å²) in [7, 11) is -3.81. The lowest BCUT2D eigenvalue weighted by Gasteiger charge is -2.22. The molecule has 10 heteroatoms. The Hall–Kier alpha value is -2.26. The molecule has 0 bridgehead atoms. The average molecular weight is 407 g/mol. The minimum Gasteiger partial charge on any atom is -0.325 e. The highest BCUT2D eigenvalue weighted by molar-refractivity contribution is 7.92. The Balaban J connectivity index is 2.17. The Morgan fingerprint density at radius 1 is 1.12 bits per heavy atom. The number of carbonyl (C=O) groups excluding carboxylic acids is 1. The van der Waals surface area contributed by atoms with Crippen LogP contribution >= 0.6 is 11.6 Å². The second-order valence-corrected chi connectivity index (χ2v) is 7.66. The van der Waals surface area contributed by atoms with E-state index in [0.29, 0.717) is 0 Å². The van der Waals surface area contributed by atoms with Crippen LogP contribution in [-0.2, 0) is 21.0 Å². The third-order valence-corrected chi connectivity index (χ3v) is 4.75. The van der Waals surface area contributed by atoms with E-state index in [2.05, 4.69) is 5.32 Å². The van der Waals surface area contributed by atoms with Crippen molar-refractivity contribution in [3.05, 3.63) is 59.1 Å². The van der Waals surface area contributed by atoms with E-state index in [4.69, 9.17) is 11.6 Å². The first-order valence-corrected chi connectivity index (χ1v) is 9.40. The van der Waals surface area contributed by atoms with Crippen LogP contribution in [-0.4, -0.2) is 27.1 Å². The first-order valence-electron chi connectivity index (χ1n) is 7.18. The second-order valence-electron chi connectivity index (χ2n) is 5.34. The zero-order valence-electron chi connectivity index (χ0n) is 13.4. The molecular formula is C16H14ClF3N2O3S. The normalized spacial score (nSPS) is 11.9. The number of alkyl halides is 3. The lowest BCUT2D eigenvalue weighted by atomic mass is 10.2.